The van der Waals surface area contributed by atoms with Crippen LogP contribution in [0.4, 0.5) is 5.13 Å². The molecule has 1 N–H and O–H groups in total. The van der Waals surface area contributed by atoms with Crippen LogP contribution in [0.1, 0.15) is 34.4 Å². The Kier molecular flexibility index (Phi) is 5.91. The smallest absolute Gasteiger partial charge is 0.241 e. The normalized spacial score (nSPS) is 16.4. The number of anilines is 1. The number of rotatable bonds is 6. The van der Waals surface area contributed by atoms with Crippen LogP contribution in [-0.4, -0.2) is 15.9 Å². The fraction of sp³-hybridized carbons (Fsp3) is 0.129. The van der Waals surface area contributed by atoms with Gasteiger partial charge in [-0.2, -0.15) is 0 Å². The number of aromatic nitrogens is 2. The summed E-state index contributed by atoms with van der Waals surface area (Å²) in [6, 6.07) is 31.0. The summed E-state index contributed by atoms with van der Waals surface area (Å²) in [5.74, 6) is -0.0127. The number of fused-ring (bicyclic) bond motifs is 1. The number of aryl methyl sites for hydroxylation is 1. The van der Waals surface area contributed by atoms with Gasteiger partial charge in [0.15, 0.2) is 5.13 Å². The number of nitrogens with zero attached hydrogens (tertiary/aromatic N) is 2. The molecule has 1 amide bonds. The first kappa shape index (κ1) is 22.4. The van der Waals surface area contributed by atoms with Crippen molar-refractivity contribution in [2.24, 2.45) is 0 Å². The number of carbonyl (C=O) groups excluding carboxylic acids is 1. The monoisotopic (exact) mass is 487 g/mol. The van der Waals surface area contributed by atoms with Crippen LogP contribution in [0.2, 0.25) is 0 Å². The average molecular weight is 488 g/mol. The maximum absolute atomic E-state index is 13.9. The van der Waals surface area contributed by atoms with Gasteiger partial charge in [-0.15, -0.1) is 11.3 Å². The molecule has 0 aliphatic heterocycles. The van der Waals surface area contributed by atoms with E-state index in [0.717, 1.165) is 47.2 Å². The zero-order valence-corrected chi connectivity index (χ0v) is 20.5. The van der Waals surface area contributed by atoms with E-state index in [2.05, 4.69) is 64.9 Å². The Morgan fingerprint density at radius 3 is 2.39 bits per heavy atom. The molecule has 0 saturated carbocycles. The van der Waals surface area contributed by atoms with E-state index in [-0.39, 0.29) is 5.91 Å². The van der Waals surface area contributed by atoms with Gasteiger partial charge in [0.1, 0.15) is 0 Å². The lowest BCUT2D eigenvalue weighted by molar-refractivity contribution is -0.120. The number of nitrogens with one attached hydrogen (secondary N) is 1. The minimum absolute atomic E-state index is 0.0127. The molecule has 6 rings (SSSR count). The second-order valence-electron chi connectivity index (χ2n) is 9.14. The largest absolute Gasteiger partial charge is 0.301 e. The Morgan fingerprint density at radius 1 is 0.861 bits per heavy atom. The van der Waals surface area contributed by atoms with E-state index in [0.29, 0.717) is 5.13 Å². The van der Waals surface area contributed by atoms with E-state index < -0.39 is 5.41 Å². The molecule has 0 fully saturated rings. The van der Waals surface area contributed by atoms with E-state index in [1.165, 1.54) is 22.5 Å². The SMILES string of the molecule is O=C(Nc1nc(Cc2ccc(-c3ccncc3)cc2)cs1)C1(c2ccccc2)CCc2ccccc21. The van der Waals surface area contributed by atoms with Crippen molar-refractivity contribution in [3.05, 3.63) is 137 Å². The quantitative estimate of drug-likeness (QED) is 0.291. The van der Waals surface area contributed by atoms with Gasteiger partial charge < -0.3 is 5.32 Å². The van der Waals surface area contributed by atoms with E-state index in [4.69, 9.17) is 4.98 Å². The molecule has 36 heavy (non-hydrogen) atoms. The fourth-order valence-corrected chi connectivity index (χ4v) is 5.92. The average Bonchev–Trinajstić information content (AvgIpc) is 3.55. The van der Waals surface area contributed by atoms with Crippen molar-refractivity contribution in [1.82, 2.24) is 9.97 Å². The summed E-state index contributed by atoms with van der Waals surface area (Å²) in [6.07, 6.45) is 5.97. The molecule has 1 unspecified atom stereocenters. The zero-order valence-electron chi connectivity index (χ0n) is 19.7. The van der Waals surface area contributed by atoms with Gasteiger partial charge in [-0.1, -0.05) is 78.9 Å². The summed E-state index contributed by atoms with van der Waals surface area (Å²) in [7, 11) is 0. The molecule has 2 aromatic heterocycles. The molecule has 4 nitrogen and oxygen atoms in total. The molecule has 0 bridgehead atoms. The Morgan fingerprint density at radius 2 is 1.58 bits per heavy atom. The molecular formula is C31H25N3OS. The van der Waals surface area contributed by atoms with Crippen LogP contribution in [-0.2, 0) is 23.1 Å². The summed E-state index contributed by atoms with van der Waals surface area (Å²) >= 11 is 1.48. The lowest BCUT2D eigenvalue weighted by atomic mass is 9.74. The second-order valence-corrected chi connectivity index (χ2v) is 9.99. The number of hydrogen-bond donors (Lipinski definition) is 1. The molecule has 1 aliphatic rings. The number of pyridine rings is 1. The van der Waals surface area contributed by atoms with Gasteiger partial charge in [0, 0.05) is 24.2 Å². The first-order valence-corrected chi connectivity index (χ1v) is 13.0. The molecule has 0 spiro atoms. The summed E-state index contributed by atoms with van der Waals surface area (Å²) < 4.78 is 0. The van der Waals surface area contributed by atoms with Gasteiger partial charge in [0.05, 0.1) is 11.1 Å². The summed E-state index contributed by atoms with van der Waals surface area (Å²) in [6.45, 7) is 0. The van der Waals surface area contributed by atoms with Crippen molar-refractivity contribution in [3.8, 4) is 11.1 Å². The van der Waals surface area contributed by atoms with Crippen molar-refractivity contribution in [1.29, 1.82) is 0 Å². The lowest BCUT2D eigenvalue weighted by Crippen LogP contribution is -2.39. The minimum Gasteiger partial charge on any atom is -0.301 e. The first-order valence-electron chi connectivity index (χ1n) is 12.1. The number of amides is 1. The summed E-state index contributed by atoms with van der Waals surface area (Å²) in [4.78, 5) is 22.7. The Bertz CT molecular complexity index is 1500. The lowest BCUT2D eigenvalue weighted by Gasteiger charge is -2.29. The molecule has 176 valence electrons. The highest BCUT2D eigenvalue weighted by Gasteiger charge is 2.46. The van der Waals surface area contributed by atoms with Crippen LogP contribution in [0.5, 0.6) is 0 Å². The fourth-order valence-electron chi connectivity index (χ4n) is 5.22. The van der Waals surface area contributed by atoms with Crippen LogP contribution in [0, 0.1) is 0 Å². The molecule has 2 heterocycles. The molecule has 1 atom stereocenters. The maximum Gasteiger partial charge on any atom is 0.241 e. The van der Waals surface area contributed by atoms with Crippen LogP contribution in [0.3, 0.4) is 0 Å². The molecule has 1 aliphatic carbocycles. The second kappa shape index (κ2) is 9.51. The van der Waals surface area contributed by atoms with Crippen molar-refractivity contribution < 1.29 is 4.79 Å². The number of carbonyl (C=O) groups is 1. The Balaban J connectivity index is 1.22. The van der Waals surface area contributed by atoms with Crippen molar-refractivity contribution in [3.63, 3.8) is 0 Å². The van der Waals surface area contributed by atoms with Crippen LogP contribution < -0.4 is 5.32 Å². The Hall–Kier alpha value is -4.09. The van der Waals surface area contributed by atoms with Gasteiger partial charge >= 0.3 is 0 Å². The molecular weight excluding hydrogens is 462 g/mol. The number of hydrogen-bond acceptors (Lipinski definition) is 4. The van der Waals surface area contributed by atoms with Crippen molar-refractivity contribution in [2.45, 2.75) is 24.7 Å². The number of thiazole rings is 1. The molecule has 5 heteroatoms. The van der Waals surface area contributed by atoms with Gasteiger partial charge in [0.2, 0.25) is 5.91 Å². The maximum atomic E-state index is 13.9. The van der Waals surface area contributed by atoms with E-state index in [1.807, 2.05) is 41.8 Å². The first-order chi connectivity index (χ1) is 17.7. The van der Waals surface area contributed by atoms with Crippen molar-refractivity contribution in [2.75, 3.05) is 5.32 Å². The summed E-state index contributed by atoms with van der Waals surface area (Å²) in [5.41, 5.74) is 7.11. The highest BCUT2D eigenvalue weighted by Crippen LogP contribution is 2.45. The van der Waals surface area contributed by atoms with Crippen molar-refractivity contribution >= 4 is 22.4 Å². The topological polar surface area (TPSA) is 54.9 Å². The van der Waals surface area contributed by atoms with Gasteiger partial charge in [0.25, 0.3) is 0 Å². The predicted molar refractivity (Wildman–Crippen MR) is 145 cm³/mol. The third-order valence-electron chi connectivity index (χ3n) is 7.03. The third kappa shape index (κ3) is 4.12. The van der Waals surface area contributed by atoms with Crippen LogP contribution in [0.25, 0.3) is 11.1 Å². The van der Waals surface area contributed by atoms with E-state index in [1.54, 1.807) is 12.4 Å². The van der Waals surface area contributed by atoms with E-state index >= 15 is 0 Å². The van der Waals surface area contributed by atoms with Gasteiger partial charge in [-0.05, 0) is 58.4 Å². The molecule has 0 saturated heterocycles. The minimum atomic E-state index is -0.702. The predicted octanol–water partition coefficient (Wildman–Crippen LogP) is 6.67. The molecule has 3 aromatic carbocycles. The highest BCUT2D eigenvalue weighted by atomic mass is 32.1. The standard InChI is InChI=1S/C31H25N3OS/c35-29(31(26-7-2-1-3-8-26)17-14-25-6-4-5-9-28(25)31)34-30-33-27(21-36-30)20-22-10-12-23(13-11-22)24-15-18-32-19-16-24/h1-13,15-16,18-19,21H,14,17,20H2,(H,33,34,35). The Labute approximate surface area is 214 Å². The van der Waals surface area contributed by atoms with Gasteiger partial charge in [-0.3, -0.25) is 9.78 Å². The summed E-state index contributed by atoms with van der Waals surface area (Å²) in [5, 5.41) is 5.84. The molecule has 0 radical (unpaired) electrons. The van der Waals surface area contributed by atoms with Crippen LogP contribution >= 0.6 is 11.3 Å². The van der Waals surface area contributed by atoms with E-state index in [9.17, 15) is 4.79 Å². The zero-order chi connectivity index (χ0) is 24.4. The van der Waals surface area contributed by atoms with Gasteiger partial charge in [-0.25, -0.2) is 4.98 Å². The van der Waals surface area contributed by atoms with Crippen LogP contribution in [0.15, 0.2) is 109 Å². The highest BCUT2D eigenvalue weighted by molar-refractivity contribution is 7.13. The molecule has 5 aromatic rings. The third-order valence-corrected chi connectivity index (χ3v) is 7.83. The number of benzene rings is 3.